The van der Waals surface area contributed by atoms with E-state index < -0.39 is 0 Å². The van der Waals surface area contributed by atoms with Crippen molar-refractivity contribution in [3.8, 4) is 5.69 Å². The normalized spacial score (nSPS) is 10.9. The van der Waals surface area contributed by atoms with Gasteiger partial charge < -0.3 is 0 Å². The first-order valence-electron chi connectivity index (χ1n) is 7.41. The summed E-state index contributed by atoms with van der Waals surface area (Å²) in [6, 6.07) is 11.7. The lowest BCUT2D eigenvalue weighted by atomic mass is 9.92. The van der Waals surface area contributed by atoms with Crippen molar-refractivity contribution in [1.29, 1.82) is 0 Å². The van der Waals surface area contributed by atoms with Crippen LogP contribution in [0.15, 0.2) is 42.6 Å². The molecule has 1 aromatic carbocycles. The fourth-order valence-corrected chi connectivity index (χ4v) is 2.58. The van der Waals surface area contributed by atoms with E-state index in [0.717, 1.165) is 31.4 Å². The van der Waals surface area contributed by atoms with E-state index in [-0.39, 0.29) is 11.7 Å². The lowest BCUT2D eigenvalue weighted by Crippen LogP contribution is -2.18. The molecular weight excluding hydrogens is 248 g/mol. The van der Waals surface area contributed by atoms with Gasteiger partial charge in [-0.25, -0.2) is 4.68 Å². The fraction of sp³-hybridized carbons (Fsp3) is 0.412. The highest BCUT2D eigenvalue weighted by atomic mass is 16.1. The molecule has 2 rings (SSSR count). The molecule has 0 amide bonds. The number of nitrogens with zero attached hydrogens (tertiary/aromatic N) is 2. The standard InChI is InChI=1S/C17H22N2O/c1-3-8-14(9-4-2)17(20)16-12-13-18-19(16)15-10-6-5-7-11-15/h5-7,10-14H,3-4,8-9H2,1-2H3. The molecule has 2 aromatic rings. The molecule has 0 saturated carbocycles. The fourth-order valence-electron chi connectivity index (χ4n) is 2.58. The molecule has 0 atom stereocenters. The van der Waals surface area contributed by atoms with E-state index in [1.807, 2.05) is 36.4 Å². The molecule has 0 saturated heterocycles. The first kappa shape index (κ1) is 14.5. The minimum atomic E-state index is 0.115. The largest absolute Gasteiger partial charge is 0.292 e. The van der Waals surface area contributed by atoms with Crippen LogP contribution in [0, 0.1) is 5.92 Å². The highest BCUT2D eigenvalue weighted by Crippen LogP contribution is 2.21. The smallest absolute Gasteiger partial charge is 0.184 e. The highest BCUT2D eigenvalue weighted by molar-refractivity contribution is 5.96. The zero-order valence-electron chi connectivity index (χ0n) is 12.2. The Bertz CT molecular complexity index is 539. The van der Waals surface area contributed by atoms with Crippen LogP contribution in [0.2, 0.25) is 0 Å². The summed E-state index contributed by atoms with van der Waals surface area (Å²) in [5.41, 5.74) is 1.63. The van der Waals surface area contributed by atoms with Crippen LogP contribution in [0.25, 0.3) is 5.69 Å². The van der Waals surface area contributed by atoms with Crippen LogP contribution in [0.5, 0.6) is 0 Å². The maximum absolute atomic E-state index is 12.7. The Hall–Kier alpha value is -1.90. The Morgan fingerprint density at radius 1 is 1.10 bits per heavy atom. The number of rotatable bonds is 7. The predicted octanol–water partition coefficient (Wildman–Crippen LogP) is 4.27. The third-order valence-electron chi connectivity index (χ3n) is 3.54. The SMILES string of the molecule is CCCC(CCC)C(=O)c1ccnn1-c1ccccc1. The van der Waals surface area contributed by atoms with Gasteiger partial charge in [0, 0.05) is 5.92 Å². The van der Waals surface area contributed by atoms with Crippen LogP contribution >= 0.6 is 0 Å². The summed E-state index contributed by atoms with van der Waals surface area (Å²) < 4.78 is 1.75. The van der Waals surface area contributed by atoms with E-state index in [4.69, 9.17) is 0 Å². The van der Waals surface area contributed by atoms with Crippen LogP contribution in [-0.4, -0.2) is 15.6 Å². The van der Waals surface area contributed by atoms with Crippen molar-refractivity contribution in [2.45, 2.75) is 39.5 Å². The van der Waals surface area contributed by atoms with Gasteiger partial charge in [-0.3, -0.25) is 4.79 Å². The molecule has 0 unspecified atom stereocenters. The van der Waals surface area contributed by atoms with Gasteiger partial charge in [0.2, 0.25) is 0 Å². The monoisotopic (exact) mass is 270 g/mol. The minimum absolute atomic E-state index is 0.115. The Kier molecular flexibility index (Phi) is 5.10. The van der Waals surface area contributed by atoms with Crippen LogP contribution in [0.1, 0.15) is 50.0 Å². The summed E-state index contributed by atoms with van der Waals surface area (Å²) in [6.07, 6.45) is 5.68. The average molecular weight is 270 g/mol. The van der Waals surface area contributed by atoms with Gasteiger partial charge in [0.05, 0.1) is 11.9 Å². The summed E-state index contributed by atoms with van der Waals surface area (Å²) in [4.78, 5) is 12.7. The number of carbonyl (C=O) groups excluding carboxylic acids is 1. The Morgan fingerprint density at radius 3 is 2.35 bits per heavy atom. The van der Waals surface area contributed by atoms with Gasteiger partial charge in [-0.1, -0.05) is 44.9 Å². The number of hydrogen-bond donors (Lipinski definition) is 0. The van der Waals surface area contributed by atoms with Crippen molar-refractivity contribution in [1.82, 2.24) is 9.78 Å². The topological polar surface area (TPSA) is 34.9 Å². The van der Waals surface area contributed by atoms with E-state index in [9.17, 15) is 4.79 Å². The van der Waals surface area contributed by atoms with E-state index in [1.54, 1.807) is 10.9 Å². The Balaban J connectivity index is 2.29. The second kappa shape index (κ2) is 7.04. The van der Waals surface area contributed by atoms with E-state index >= 15 is 0 Å². The lowest BCUT2D eigenvalue weighted by Gasteiger charge is -2.15. The van der Waals surface area contributed by atoms with Crippen LogP contribution < -0.4 is 0 Å². The van der Waals surface area contributed by atoms with Gasteiger partial charge in [0.25, 0.3) is 0 Å². The van der Waals surface area contributed by atoms with Gasteiger partial charge in [0.15, 0.2) is 5.78 Å². The molecule has 1 aromatic heterocycles. The molecule has 0 bridgehead atoms. The predicted molar refractivity (Wildman–Crippen MR) is 81.2 cm³/mol. The van der Waals surface area contributed by atoms with E-state index in [1.165, 1.54) is 0 Å². The summed E-state index contributed by atoms with van der Waals surface area (Å²) >= 11 is 0. The summed E-state index contributed by atoms with van der Waals surface area (Å²) in [6.45, 7) is 4.26. The van der Waals surface area contributed by atoms with Crippen LogP contribution in [0.3, 0.4) is 0 Å². The Labute approximate surface area is 120 Å². The second-order valence-corrected chi connectivity index (χ2v) is 5.10. The maximum atomic E-state index is 12.7. The van der Waals surface area contributed by atoms with Crippen molar-refractivity contribution in [2.24, 2.45) is 5.92 Å². The van der Waals surface area contributed by atoms with Crippen molar-refractivity contribution < 1.29 is 4.79 Å². The molecule has 3 heteroatoms. The molecule has 0 N–H and O–H groups in total. The molecule has 3 nitrogen and oxygen atoms in total. The molecule has 0 fully saturated rings. The van der Waals surface area contributed by atoms with Crippen LogP contribution in [-0.2, 0) is 0 Å². The number of carbonyl (C=O) groups is 1. The third kappa shape index (κ3) is 3.16. The third-order valence-corrected chi connectivity index (χ3v) is 3.54. The first-order valence-corrected chi connectivity index (χ1v) is 7.41. The second-order valence-electron chi connectivity index (χ2n) is 5.10. The molecule has 0 aliphatic rings. The van der Waals surface area contributed by atoms with Gasteiger partial charge in [-0.15, -0.1) is 0 Å². The quantitative estimate of drug-likeness (QED) is 0.704. The number of benzene rings is 1. The molecule has 106 valence electrons. The molecule has 20 heavy (non-hydrogen) atoms. The molecule has 0 radical (unpaired) electrons. The Morgan fingerprint density at radius 2 is 1.75 bits per heavy atom. The van der Waals surface area contributed by atoms with Gasteiger partial charge >= 0.3 is 0 Å². The summed E-state index contributed by atoms with van der Waals surface area (Å²) in [5.74, 6) is 0.333. The van der Waals surface area contributed by atoms with Crippen molar-refractivity contribution in [3.05, 3.63) is 48.3 Å². The molecular formula is C17H22N2O. The average Bonchev–Trinajstić information content (AvgIpc) is 2.96. The number of para-hydroxylation sites is 1. The van der Waals surface area contributed by atoms with Crippen molar-refractivity contribution in [2.75, 3.05) is 0 Å². The first-order chi connectivity index (χ1) is 9.77. The van der Waals surface area contributed by atoms with E-state index in [0.29, 0.717) is 5.69 Å². The molecule has 0 aliphatic carbocycles. The number of ketones is 1. The van der Waals surface area contributed by atoms with Crippen LogP contribution in [0.4, 0.5) is 0 Å². The zero-order valence-corrected chi connectivity index (χ0v) is 12.2. The van der Waals surface area contributed by atoms with E-state index in [2.05, 4.69) is 18.9 Å². The zero-order chi connectivity index (χ0) is 14.4. The van der Waals surface area contributed by atoms with Gasteiger partial charge in [0.1, 0.15) is 5.69 Å². The molecule has 1 heterocycles. The summed E-state index contributed by atoms with van der Waals surface area (Å²) in [5, 5.41) is 4.31. The highest BCUT2D eigenvalue weighted by Gasteiger charge is 2.22. The van der Waals surface area contributed by atoms with Crippen molar-refractivity contribution in [3.63, 3.8) is 0 Å². The minimum Gasteiger partial charge on any atom is -0.292 e. The maximum Gasteiger partial charge on any atom is 0.184 e. The number of hydrogen-bond acceptors (Lipinski definition) is 2. The lowest BCUT2D eigenvalue weighted by molar-refractivity contribution is 0.0897. The molecule has 0 aliphatic heterocycles. The van der Waals surface area contributed by atoms with Gasteiger partial charge in [-0.2, -0.15) is 5.10 Å². The number of Topliss-reactive ketones (excluding diaryl/α,β-unsaturated/α-hetero) is 1. The number of aromatic nitrogens is 2. The molecule has 0 spiro atoms. The van der Waals surface area contributed by atoms with Crippen molar-refractivity contribution >= 4 is 5.78 Å². The summed E-state index contributed by atoms with van der Waals surface area (Å²) in [7, 11) is 0. The van der Waals surface area contributed by atoms with Gasteiger partial charge in [-0.05, 0) is 31.0 Å².